The zero-order valence-electron chi connectivity index (χ0n) is 24.5. The van der Waals surface area contributed by atoms with E-state index in [9.17, 15) is 25.2 Å². The smallest absolute Gasteiger partial charge is 0.310 e. The number of aromatic hydroxyl groups is 1. The first kappa shape index (κ1) is 29.9. The Morgan fingerprint density at radius 2 is 1.80 bits per heavy atom. The molecule has 4 N–H and O–H groups in total. The summed E-state index contributed by atoms with van der Waals surface area (Å²) in [6, 6.07) is 10.6. The van der Waals surface area contributed by atoms with Gasteiger partial charge in [-0.2, -0.15) is 0 Å². The van der Waals surface area contributed by atoms with Gasteiger partial charge >= 0.3 is 5.97 Å². The highest BCUT2D eigenvalue weighted by atomic mass is 32.1. The van der Waals surface area contributed by atoms with E-state index in [0.29, 0.717) is 28.2 Å². The van der Waals surface area contributed by atoms with Crippen LogP contribution in [-0.2, 0) is 35.1 Å². The van der Waals surface area contributed by atoms with Crippen molar-refractivity contribution in [2.75, 3.05) is 27.1 Å². The highest BCUT2D eigenvalue weighted by Gasteiger charge is 2.56. The molecule has 46 heavy (non-hydrogen) atoms. The molecule has 3 fully saturated rings. The second-order valence-electron chi connectivity index (χ2n) is 11.9. The van der Waals surface area contributed by atoms with Crippen molar-refractivity contribution < 1.29 is 63.1 Å². The molecule has 5 heterocycles. The molecule has 4 aliphatic heterocycles. The molecule has 1 aliphatic carbocycles. The molecule has 0 saturated carbocycles. The maximum atomic E-state index is 13.5. The van der Waals surface area contributed by atoms with Crippen LogP contribution in [0.4, 0.5) is 0 Å². The van der Waals surface area contributed by atoms with Crippen molar-refractivity contribution in [3.05, 3.63) is 68.9 Å². The van der Waals surface area contributed by atoms with Gasteiger partial charge in [-0.25, -0.2) is 0 Å². The van der Waals surface area contributed by atoms with Gasteiger partial charge in [0.05, 0.1) is 43.8 Å². The molecule has 3 aromatic rings. The lowest BCUT2D eigenvalue weighted by atomic mass is 9.66. The van der Waals surface area contributed by atoms with Gasteiger partial charge < -0.3 is 58.3 Å². The van der Waals surface area contributed by atoms with Crippen molar-refractivity contribution in [3.8, 4) is 23.0 Å². The number of phenols is 1. The number of rotatable bonds is 6. The number of carbonyl (C=O) groups is 1. The van der Waals surface area contributed by atoms with Gasteiger partial charge in [0.25, 0.3) is 0 Å². The van der Waals surface area contributed by atoms with E-state index in [0.717, 1.165) is 4.88 Å². The third-order valence-electron chi connectivity index (χ3n) is 9.43. The molecule has 14 heteroatoms. The van der Waals surface area contributed by atoms with Crippen LogP contribution in [-0.4, -0.2) is 84.2 Å². The number of cyclic esters (lactones) is 1. The number of methoxy groups -OCH3 is 1. The lowest BCUT2D eigenvalue weighted by molar-refractivity contribution is -0.368. The Hall–Kier alpha value is -3.47. The third kappa shape index (κ3) is 4.75. The summed E-state index contributed by atoms with van der Waals surface area (Å²) in [6.45, 7) is -0.323. The van der Waals surface area contributed by atoms with Crippen LogP contribution in [0.25, 0.3) is 0 Å². The highest BCUT2D eigenvalue weighted by molar-refractivity contribution is 7.10. The van der Waals surface area contributed by atoms with Crippen LogP contribution in [0.1, 0.15) is 45.4 Å². The molecule has 0 radical (unpaired) electrons. The molecule has 13 nitrogen and oxygen atoms in total. The number of hydrogen-bond acceptors (Lipinski definition) is 14. The largest absolute Gasteiger partial charge is 0.504 e. The van der Waals surface area contributed by atoms with Gasteiger partial charge in [0.1, 0.15) is 24.4 Å². The summed E-state index contributed by atoms with van der Waals surface area (Å²) in [5.41, 5.74) is 2.15. The standard InChI is InChI=1S/C32H32O13S/c1-38-20-6-13(5-14(9-33)25(20)34)23-15-7-18-19(42-12-41-18)8-16(15)28(17-10-39-30(37)24(17)23)44-32-27(36)26(35)29-21(43-32)11-40-31(45-29)22-3-2-4-46-22/h2-8,17,21,23-24,26-29,31-36H,9-12H2,1H3/t17-,21?,23?,24-,26?,27?,28+,29?,31?,32?/m0/s1. The van der Waals surface area contributed by atoms with Crippen molar-refractivity contribution in [1.29, 1.82) is 0 Å². The van der Waals surface area contributed by atoms with E-state index < -0.39 is 73.4 Å². The summed E-state index contributed by atoms with van der Waals surface area (Å²) in [5, 5.41) is 44.9. The summed E-state index contributed by atoms with van der Waals surface area (Å²) in [7, 11) is 1.41. The summed E-state index contributed by atoms with van der Waals surface area (Å²) in [6.07, 6.45) is -7.24. The van der Waals surface area contributed by atoms with Gasteiger partial charge in [0.2, 0.25) is 6.79 Å². The SMILES string of the molecule is COc1cc(C2c3cc4c(cc3[C@@H](OC3OC5COC(c6cccs6)OC5C(O)C3O)[C@H]3COC(=O)[C@H]23)OCO4)cc(CO)c1O. The average molecular weight is 657 g/mol. The van der Waals surface area contributed by atoms with Crippen molar-refractivity contribution in [1.82, 2.24) is 0 Å². The minimum Gasteiger partial charge on any atom is -0.504 e. The molecule has 0 spiro atoms. The van der Waals surface area contributed by atoms with Gasteiger partial charge in [-0.1, -0.05) is 6.07 Å². The summed E-state index contributed by atoms with van der Waals surface area (Å²) >= 11 is 1.46. The third-order valence-corrected chi connectivity index (χ3v) is 10.3. The molecule has 7 unspecified atom stereocenters. The topological polar surface area (TPSA) is 172 Å². The van der Waals surface area contributed by atoms with Gasteiger partial charge in [-0.15, -0.1) is 11.3 Å². The van der Waals surface area contributed by atoms with Gasteiger partial charge in [0.15, 0.2) is 35.6 Å². The zero-order valence-corrected chi connectivity index (χ0v) is 25.3. The van der Waals surface area contributed by atoms with E-state index in [1.54, 1.807) is 24.3 Å². The molecule has 1 aromatic heterocycles. The lowest BCUT2D eigenvalue weighted by Crippen LogP contribution is -2.62. The quantitative estimate of drug-likeness (QED) is 0.285. The Bertz CT molecular complexity index is 1600. The molecule has 0 amide bonds. The molecule has 244 valence electrons. The van der Waals surface area contributed by atoms with E-state index in [1.165, 1.54) is 18.4 Å². The van der Waals surface area contributed by atoms with Crippen molar-refractivity contribution >= 4 is 17.3 Å². The first-order valence-electron chi connectivity index (χ1n) is 14.9. The summed E-state index contributed by atoms with van der Waals surface area (Å²) in [5.74, 6) is -1.46. The Morgan fingerprint density at radius 3 is 2.54 bits per heavy atom. The number of aliphatic hydroxyl groups is 3. The van der Waals surface area contributed by atoms with Crippen molar-refractivity contribution in [2.45, 2.75) is 55.6 Å². The molecule has 5 aliphatic rings. The molecule has 2 aromatic carbocycles. The van der Waals surface area contributed by atoms with Crippen LogP contribution in [0, 0.1) is 11.8 Å². The van der Waals surface area contributed by atoms with Crippen LogP contribution in [0.15, 0.2) is 41.8 Å². The predicted molar refractivity (Wildman–Crippen MR) is 155 cm³/mol. The Morgan fingerprint density at radius 1 is 1.00 bits per heavy atom. The second kappa shape index (κ2) is 11.6. The monoisotopic (exact) mass is 656 g/mol. The number of thiophene rings is 1. The fraction of sp³-hybridized carbons (Fsp3) is 0.469. The average Bonchev–Trinajstić information content (AvgIpc) is 3.85. The number of ether oxygens (including phenoxy) is 8. The van der Waals surface area contributed by atoms with Gasteiger partial charge in [0, 0.05) is 17.4 Å². The number of aliphatic hydroxyl groups excluding tert-OH is 3. The molecule has 10 atom stereocenters. The summed E-state index contributed by atoms with van der Waals surface area (Å²) in [4.78, 5) is 14.3. The number of fused-ring (bicyclic) bond motifs is 4. The zero-order chi connectivity index (χ0) is 31.7. The maximum absolute atomic E-state index is 13.5. The van der Waals surface area contributed by atoms with E-state index in [4.69, 9.17) is 37.9 Å². The number of carbonyl (C=O) groups excluding carboxylic acids is 1. The maximum Gasteiger partial charge on any atom is 0.310 e. The number of benzene rings is 2. The molecule has 3 saturated heterocycles. The van der Waals surface area contributed by atoms with Crippen LogP contribution in [0.5, 0.6) is 23.0 Å². The Labute approximate surface area is 266 Å². The first-order valence-corrected chi connectivity index (χ1v) is 15.8. The Balaban J connectivity index is 1.16. The number of esters is 1. The highest BCUT2D eigenvalue weighted by Crippen LogP contribution is 2.56. The van der Waals surface area contributed by atoms with Crippen LogP contribution in [0.2, 0.25) is 0 Å². The van der Waals surface area contributed by atoms with Crippen LogP contribution < -0.4 is 14.2 Å². The van der Waals surface area contributed by atoms with Crippen molar-refractivity contribution in [2.24, 2.45) is 11.8 Å². The second-order valence-corrected chi connectivity index (χ2v) is 12.9. The van der Waals surface area contributed by atoms with Gasteiger partial charge in [-0.3, -0.25) is 4.79 Å². The molecular weight excluding hydrogens is 624 g/mol. The van der Waals surface area contributed by atoms with E-state index in [-0.39, 0.29) is 37.1 Å². The van der Waals surface area contributed by atoms with Crippen LogP contribution in [0.3, 0.4) is 0 Å². The van der Waals surface area contributed by atoms with E-state index >= 15 is 0 Å². The number of hydrogen-bond donors (Lipinski definition) is 4. The lowest BCUT2D eigenvalue weighted by Gasteiger charge is -2.48. The molecular formula is C32H32O13S. The van der Waals surface area contributed by atoms with Gasteiger partial charge in [-0.05, 0) is 52.4 Å². The first-order chi connectivity index (χ1) is 22.4. The normalized spacial score (nSPS) is 34.4. The predicted octanol–water partition coefficient (Wildman–Crippen LogP) is 2.24. The molecule has 8 rings (SSSR count). The minimum atomic E-state index is -1.48. The van der Waals surface area contributed by atoms with E-state index in [2.05, 4.69) is 0 Å². The minimum absolute atomic E-state index is 0.0111. The fourth-order valence-corrected chi connectivity index (χ4v) is 7.94. The van der Waals surface area contributed by atoms with Crippen LogP contribution >= 0.6 is 11.3 Å². The van der Waals surface area contributed by atoms with Crippen molar-refractivity contribution in [3.63, 3.8) is 0 Å². The van der Waals surface area contributed by atoms with E-state index in [1.807, 2.05) is 17.5 Å². The Kier molecular flexibility index (Phi) is 7.57. The fourth-order valence-electron chi connectivity index (χ4n) is 7.23. The molecule has 0 bridgehead atoms. The summed E-state index contributed by atoms with van der Waals surface area (Å²) < 4.78 is 47.0.